The molecule has 136 heavy (non-hydrogen) atoms. The van der Waals surface area contributed by atoms with Gasteiger partial charge in [0, 0.05) is 63.6 Å². The van der Waals surface area contributed by atoms with Crippen LogP contribution in [0.5, 0.6) is 0 Å². The van der Waals surface area contributed by atoms with Gasteiger partial charge in [0.15, 0.2) is 0 Å². The predicted octanol–water partition coefficient (Wildman–Crippen LogP) is 38.5. The van der Waals surface area contributed by atoms with Gasteiger partial charge in [0.1, 0.15) is 33.5 Å². The Balaban J connectivity index is 0.0000000942. The highest BCUT2D eigenvalue weighted by atomic mass is 32.1. The third-order valence-corrected chi connectivity index (χ3v) is 28.8. The van der Waals surface area contributed by atoms with Crippen LogP contribution >= 0.6 is 11.3 Å². The normalized spacial score (nSPS) is 11.7. The van der Waals surface area contributed by atoms with E-state index in [1.807, 2.05) is 35.6 Å². The highest BCUT2D eigenvalue weighted by molar-refractivity contribution is 7.25. The van der Waals surface area contributed by atoms with E-state index in [1.165, 1.54) is 206 Å². The van der Waals surface area contributed by atoms with Crippen molar-refractivity contribution < 1.29 is 13.3 Å². The molecule has 634 valence electrons. The first kappa shape index (κ1) is 79.4. The molecule has 0 spiro atoms. The van der Waals surface area contributed by atoms with Gasteiger partial charge in [-0.1, -0.05) is 437 Å². The zero-order valence-electron chi connectivity index (χ0n) is 74.0. The largest absolute Gasteiger partial charge is 0.456 e. The van der Waals surface area contributed by atoms with Crippen molar-refractivity contribution in [1.82, 2.24) is 0 Å². The van der Waals surface area contributed by atoms with Gasteiger partial charge in [-0.15, -0.1) is 11.3 Å². The fraction of sp³-hybridized carbons (Fsp3) is 0. The van der Waals surface area contributed by atoms with Crippen molar-refractivity contribution in [3.05, 3.63) is 497 Å². The lowest BCUT2D eigenvalue weighted by Crippen LogP contribution is -1.90. The molecule has 4 heteroatoms. The van der Waals surface area contributed by atoms with Crippen molar-refractivity contribution in [1.29, 1.82) is 0 Å². The van der Waals surface area contributed by atoms with Crippen molar-refractivity contribution >= 4 is 194 Å². The molecule has 0 fully saturated rings. The van der Waals surface area contributed by atoms with Crippen LogP contribution in [0, 0.1) is 0 Å². The molecular formula is C132H82O3S. The van der Waals surface area contributed by atoms with Gasteiger partial charge in [-0.3, -0.25) is 0 Å². The van der Waals surface area contributed by atoms with Crippen LogP contribution in [0.3, 0.4) is 0 Å². The summed E-state index contributed by atoms with van der Waals surface area (Å²) in [5, 5.41) is 32.4. The summed E-state index contributed by atoms with van der Waals surface area (Å²) in [7, 11) is 0. The topological polar surface area (TPSA) is 39.4 Å². The van der Waals surface area contributed by atoms with Crippen LogP contribution in [-0.4, -0.2) is 0 Å². The zero-order valence-corrected chi connectivity index (χ0v) is 74.8. The van der Waals surface area contributed by atoms with Crippen molar-refractivity contribution in [2.24, 2.45) is 0 Å². The summed E-state index contributed by atoms with van der Waals surface area (Å²) in [5.41, 5.74) is 25.6. The smallest absolute Gasteiger partial charge is 0.143 e. The van der Waals surface area contributed by atoms with E-state index < -0.39 is 0 Å². The molecule has 0 N–H and O–H groups in total. The molecule has 25 aromatic carbocycles. The third kappa shape index (κ3) is 13.4. The lowest BCUT2D eigenvalue weighted by molar-refractivity contribution is 0.669. The van der Waals surface area contributed by atoms with E-state index in [2.05, 4.69) is 473 Å². The first-order chi connectivity index (χ1) is 67.5. The van der Waals surface area contributed by atoms with Gasteiger partial charge in [-0.2, -0.15) is 0 Å². The van der Waals surface area contributed by atoms with Crippen LogP contribution in [0.4, 0.5) is 0 Å². The summed E-state index contributed by atoms with van der Waals surface area (Å²) in [6.07, 6.45) is 0. The SMILES string of the molecule is c1ccc(-c2c3ccccc3c(-c3ccc4c(c3)oc3ccccc34)c3ccccc23)cc1.c1ccc(-c2c3ccccc3c(-c3ccc4oc5ccc6ccccc6c5c4c3)c3ccccc23)cc1.c1ccc(-c2c3ccccc3c(-c3ccc4sc5ccccc5c4c3)c3ccccc23)cc1.c1ccc(-c2c3ccccc3c(-c3cccc4c3oc3ccccc34)c3ccccc23)cc1. The zero-order chi connectivity index (χ0) is 89.7. The van der Waals surface area contributed by atoms with E-state index in [-0.39, 0.29) is 0 Å². The van der Waals surface area contributed by atoms with Crippen LogP contribution in [0.1, 0.15) is 0 Å². The Labute approximate surface area is 788 Å². The molecule has 0 bridgehead atoms. The maximum atomic E-state index is 6.45. The molecule has 0 unspecified atom stereocenters. The summed E-state index contributed by atoms with van der Waals surface area (Å²) < 4.78 is 21.7. The minimum Gasteiger partial charge on any atom is -0.456 e. The van der Waals surface area contributed by atoms with Gasteiger partial charge in [-0.25, -0.2) is 0 Å². The van der Waals surface area contributed by atoms with Crippen LogP contribution in [0.25, 0.3) is 272 Å². The Morgan fingerprint density at radius 2 is 0.412 bits per heavy atom. The molecule has 0 amide bonds. The Morgan fingerprint density at radius 1 is 0.132 bits per heavy atom. The van der Waals surface area contributed by atoms with Gasteiger partial charge in [0.05, 0.1) is 0 Å². The molecule has 29 rings (SSSR count). The Kier molecular flexibility index (Phi) is 19.5. The molecule has 3 nitrogen and oxygen atoms in total. The fourth-order valence-electron chi connectivity index (χ4n) is 21.8. The van der Waals surface area contributed by atoms with Gasteiger partial charge in [-0.05, 0) is 236 Å². The Hall–Kier alpha value is -17.5. The summed E-state index contributed by atoms with van der Waals surface area (Å²) in [6, 6.07) is 178. The average Bonchev–Trinajstić information content (AvgIpc) is 1.12. The third-order valence-electron chi connectivity index (χ3n) is 27.6. The summed E-state index contributed by atoms with van der Waals surface area (Å²) in [6.45, 7) is 0. The molecule has 29 aromatic rings. The molecular weight excluding hydrogens is 1670 g/mol. The van der Waals surface area contributed by atoms with Gasteiger partial charge < -0.3 is 13.3 Å². The first-order valence-corrected chi connectivity index (χ1v) is 47.4. The second-order valence-corrected chi connectivity index (χ2v) is 36.3. The van der Waals surface area contributed by atoms with Gasteiger partial charge in [0.25, 0.3) is 0 Å². The number of fused-ring (bicyclic) bond motifs is 22. The van der Waals surface area contributed by atoms with Crippen molar-refractivity contribution in [2.75, 3.05) is 0 Å². The van der Waals surface area contributed by atoms with Crippen LogP contribution in [0.15, 0.2) is 511 Å². The Bertz CT molecular complexity index is 9550. The quantitative estimate of drug-likeness (QED) is 0.142. The highest BCUT2D eigenvalue weighted by Crippen LogP contribution is 2.52. The summed E-state index contributed by atoms with van der Waals surface area (Å²) >= 11 is 1.87. The number of rotatable bonds is 8. The van der Waals surface area contributed by atoms with Gasteiger partial charge in [0.2, 0.25) is 0 Å². The summed E-state index contributed by atoms with van der Waals surface area (Å²) in [4.78, 5) is 0. The van der Waals surface area contributed by atoms with Gasteiger partial charge >= 0.3 is 0 Å². The maximum absolute atomic E-state index is 6.45. The number of hydrogen-bond acceptors (Lipinski definition) is 4. The van der Waals surface area contributed by atoms with E-state index in [4.69, 9.17) is 13.3 Å². The number of benzene rings is 25. The maximum Gasteiger partial charge on any atom is 0.143 e. The number of furan rings is 3. The van der Waals surface area contributed by atoms with E-state index >= 15 is 0 Å². The van der Waals surface area contributed by atoms with Crippen LogP contribution in [-0.2, 0) is 0 Å². The molecule has 0 atom stereocenters. The number of hydrogen-bond donors (Lipinski definition) is 0. The molecule has 0 saturated carbocycles. The average molecular weight is 1750 g/mol. The number of para-hydroxylation sites is 3. The van der Waals surface area contributed by atoms with Crippen LogP contribution < -0.4 is 0 Å². The van der Waals surface area contributed by atoms with Crippen molar-refractivity contribution in [3.63, 3.8) is 0 Å². The minimum atomic E-state index is 0.921. The highest BCUT2D eigenvalue weighted by Gasteiger charge is 2.25. The molecule has 0 aliphatic carbocycles. The molecule has 4 aromatic heterocycles. The minimum absolute atomic E-state index is 0.921. The molecule has 0 saturated heterocycles. The van der Waals surface area contributed by atoms with E-state index in [0.717, 1.165) is 66.0 Å². The van der Waals surface area contributed by atoms with E-state index in [0.29, 0.717) is 0 Å². The second kappa shape index (κ2) is 33.4. The monoisotopic (exact) mass is 1750 g/mol. The predicted molar refractivity (Wildman–Crippen MR) is 582 cm³/mol. The fourth-order valence-corrected chi connectivity index (χ4v) is 22.9. The van der Waals surface area contributed by atoms with E-state index in [1.54, 1.807) is 0 Å². The van der Waals surface area contributed by atoms with Crippen molar-refractivity contribution in [2.45, 2.75) is 0 Å². The molecule has 0 radical (unpaired) electrons. The first-order valence-electron chi connectivity index (χ1n) is 46.6. The lowest BCUT2D eigenvalue weighted by atomic mass is 9.85. The standard InChI is InChI=1S/C36H22O.2C32H20O.C32H20S/c1-2-11-24(12-3-1)34-27-14-6-8-16-29(27)35(30-17-9-7-15-28(30)34)25-19-20-32-31(22-25)36-26-13-5-4-10-23(26)18-21-33(36)37-32;1-2-11-21(12-3-1)30-23-14-4-6-16-25(23)31(26-17-7-5-15-24(26)30)28-19-10-18-27-22-13-8-9-20-29(22)33-32(27)28;1-2-10-21(11-3-1)31-25-13-4-6-15-27(25)32(28-16-7-5-14-26(28)31)22-18-19-24-23-12-8-9-17-29(23)33-30(24)20-22;1-2-10-21(11-3-1)31-24-13-4-6-15-26(24)32(27-16-7-5-14-25(27)31)22-18-19-30-28(20-22)23-12-8-9-17-29(23)33-30/h1-22H;3*1-20H. The van der Waals surface area contributed by atoms with Crippen molar-refractivity contribution in [3.8, 4) is 89.0 Å². The second-order valence-electron chi connectivity index (χ2n) is 35.2. The summed E-state index contributed by atoms with van der Waals surface area (Å²) in [5.74, 6) is 0. The molecule has 0 aliphatic rings. The van der Waals surface area contributed by atoms with E-state index in [9.17, 15) is 0 Å². The molecule has 0 aliphatic heterocycles. The number of thiophene rings is 1. The molecule has 4 heterocycles. The lowest BCUT2D eigenvalue weighted by Gasteiger charge is -2.17. The van der Waals surface area contributed by atoms with Crippen LogP contribution in [0.2, 0.25) is 0 Å². The Morgan fingerprint density at radius 3 is 0.846 bits per heavy atom.